The highest BCUT2D eigenvalue weighted by atomic mass is 32.1. The highest BCUT2D eigenvalue weighted by Crippen LogP contribution is 2.34. The molecule has 0 bridgehead atoms. The summed E-state index contributed by atoms with van der Waals surface area (Å²) in [6, 6.07) is 0. The molecule has 2 rings (SSSR count). The van der Waals surface area contributed by atoms with Crippen LogP contribution in [0.25, 0.3) is 0 Å². The summed E-state index contributed by atoms with van der Waals surface area (Å²) < 4.78 is 9.97. The van der Waals surface area contributed by atoms with Crippen LogP contribution in [0.5, 0.6) is 0 Å². The first-order valence-corrected chi connectivity index (χ1v) is 5.11. The van der Waals surface area contributed by atoms with Crippen LogP contribution in [0.1, 0.15) is 20.8 Å². The fourth-order valence-electron chi connectivity index (χ4n) is 1.58. The molecule has 14 heavy (non-hydrogen) atoms. The molecule has 0 spiro atoms. The van der Waals surface area contributed by atoms with E-state index in [-0.39, 0.29) is 5.97 Å². The molecule has 0 aliphatic carbocycles. The third kappa shape index (κ3) is 1.38. The Balaban J connectivity index is 2.47. The third-order valence-corrected chi connectivity index (χ3v) is 3.27. The van der Waals surface area contributed by atoms with Gasteiger partial charge >= 0.3 is 5.97 Å². The zero-order valence-corrected chi connectivity index (χ0v) is 8.65. The number of thiophene rings is 1. The SMILES string of the molecule is COC(=O)c1c(N)sc2c1CCOC2. The lowest BCUT2D eigenvalue weighted by molar-refractivity contribution is 0.0598. The molecule has 0 amide bonds. The minimum Gasteiger partial charge on any atom is -0.465 e. The van der Waals surface area contributed by atoms with Gasteiger partial charge in [0.25, 0.3) is 0 Å². The average Bonchev–Trinajstić information content (AvgIpc) is 2.53. The van der Waals surface area contributed by atoms with Crippen LogP contribution in [0.2, 0.25) is 0 Å². The Kier molecular flexibility index (Phi) is 2.43. The van der Waals surface area contributed by atoms with E-state index in [0.717, 1.165) is 16.9 Å². The molecule has 0 saturated heterocycles. The predicted octanol–water partition coefficient (Wildman–Crippen LogP) is 1.19. The van der Waals surface area contributed by atoms with Crippen LogP contribution in [-0.2, 0) is 22.5 Å². The van der Waals surface area contributed by atoms with E-state index in [0.29, 0.717) is 23.8 Å². The molecule has 2 heterocycles. The molecule has 0 saturated carbocycles. The van der Waals surface area contributed by atoms with E-state index in [2.05, 4.69) is 4.74 Å². The Morgan fingerprint density at radius 3 is 3.14 bits per heavy atom. The molecular formula is C9H11NO3S. The van der Waals surface area contributed by atoms with Gasteiger partial charge in [0, 0.05) is 4.88 Å². The van der Waals surface area contributed by atoms with Crippen molar-refractivity contribution in [1.29, 1.82) is 0 Å². The van der Waals surface area contributed by atoms with Crippen LogP contribution in [0.3, 0.4) is 0 Å². The van der Waals surface area contributed by atoms with Crippen LogP contribution in [0.4, 0.5) is 5.00 Å². The Bertz CT molecular complexity index is 372. The van der Waals surface area contributed by atoms with Gasteiger partial charge in [-0.2, -0.15) is 0 Å². The van der Waals surface area contributed by atoms with Crippen molar-refractivity contribution in [2.24, 2.45) is 0 Å². The van der Waals surface area contributed by atoms with Crippen molar-refractivity contribution in [3.63, 3.8) is 0 Å². The number of hydrogen-bond acceptors (Lipinski definition) is 5. The van der Waals surface area contributed by atoms with Crippen molar-refractivity contribution in [2.45, 2.75) is 13.0 Å². The second kappa shape index (κ2) is 3.59. The van der Waals surface area contributed by atoms with E-state index < -0.39 is 0 Å². The molecule has 1 aliphatic rings. The highest BCUT2D eigenvalue weighted by Gasteiger charge is 2.24. The molecule has 1 aromatic heterocycles. The van der Waals surface area contributed by atoms with E-state index in [1.807, 2.05) is 0 Å². The fraction of sp³-hybridized carbons (Fsp3) is 0.444. The van der Waals surface area contributed by atoms with Crippen molar-refractivity contribution in [3.05, 3.63) is 16.0 Å². The number of fused-ring (bicyclic) bond motifs is 1. The van der Waals surface area contributed by atoms with Gasteiger partial charge in [0.2, 0.25) is 0 Å². The Morgan fingerprint density at radius 2 is 2.43 bits per heavy atom. The fourth-order valence-corrected chi connectivity index (χ4v) is 2.62. The summed E-state index contributed by atoms with van der Waals surface area (Å²) in [5.74, 6) is -0.345. The summed E-state index contributed by atoms with van der Waals surface area (Å²) in [4.78, 5) is 12.5. The maximum Gasteiger partial charge on any atom is 0.341 e. The first kappa shape index (κ1) is 9.48. The number of hydrogen-bond donors (Lipinski definition) is 1. The maximum atomic E-state index is 11.4. The van der Waals surface area contributed by atoms with Crippen molar-refractivity contribution in [2.75, 3.05) is 19.5 Å². The van der Waals surface area contributed by atoms with E-state index in [4.69, 9.17) is 10.5 Å². The minimum atomic E-state index is -0.345. The molecule has 2 N–H and O–H groups in total. The van der Waals surface area contributed by atoms with Gasteiger partial charge in [-0.15, -0.1) is 11.3 Å². The summed E-state index contributed by atoms with van der Waals surface area (Å²) in [5, 5.41) is 0.535. The van der Waals surface area contributed by atoms with Gasteiger partial charge in [-0.3, -0.25) is 0 Å². The summed E-state index contributed by atoms with van der Waals surface area (Å²) >= 11 is 1.41. The number of rotatable bonds is 1. The molecule has 0 unspecified atom stereocenters. The number of nitrogens with two attached hydrogens (primary N) is 1. The quantitative estimate of drug-likeness (QED) is 0.712. The number of anilines is 1. The lowest BCUT2D eigenvalue weighted by atomic mass is 10.1. The molecule has 0 atom stereocenters. The Hall–Kier alpha value is -1.07. The van der Waals surface area contributed by atoms with Gasteiger partial charge in [0.15, 0.2) is 0 Å². The lowest BCUT2D eigenvalue weighted by Gasteiger charge is -2.12. The largest absolute Gasteiger partial charge is 0.465 e. The van der Waals surface area contributed by atoms with E-state index >= 15 is 0 Å². The first-order chi connectivity index (χ1) is 6.74. The number of esters is 1. The first-order valence-electron chi connectivity index (χ1n) is 4.30. The van der Waals surface area contributed by atoms with Gasteiger partial charge in [-0.25, -0.2) is 4.79 Å². The van der Waals surface area contributed by atoms with Crippen LogP contribution < -0.4 is 5.73 Å². The van der Waals surface area contributed by atoms with Crippen molar-refractivity contribution >= 4 is 22.3 Å². The molecule has 5 heteroatoms. The molecular weight excluding hydrogens is 202 g/mol. The molecule has 0 radical (unpaired) electrons. The highest BCUT2D eigenvalue weighted by molar-refractivity contribution is 7.16. The number of carbonyl (C=O) groups is 1. The average molecular weight is 213 g/mol. The minimum absolute atomic E-state index is 0.345. The van der Waals surface area contributed by atoms with Crippen molar-refractivity contribution < 1.29 is 14.3 Å². The standard InChI is InChI=1S/C9H11NO3S/c1-12-9(11)7-5-2-3-13-4-6(5)14-8(7)10/h2-4,10H2,1H3. The van der Waals surface area contributed by atoms with Gasteiger partial charge in [-0.1, -0.05) is 0 Å². The molecule has 0 aromatic carbocycles. The van der Waals surface area contributed by atoms with Gasteiger partial charge in [0.1, 0.15) is 5.00 Å². The van der Waals surface area contributed by atoms with Crippen LogP contribution in [0, 0.1) is 0 Å². The number of ether oxygens (including phenoxy) is 2. The van der Waals surface area contributed by atoms with Crippen molar-refractivity contribution in [1.82, 2.24) is 0 Å². The molecule has 1 aromatic rings. The lowest BCUT2D eigenvalue weighted by Crippen LogP contribution is -2.12. The van der Waals surface area contributed by atoms with E-state index in [1.165, 1.54) is 18.4 Å². The summed E-state index contributed by atoms with van der Waals surface area (Å²) in [6.45, 7) is 1.20. The van der Waals surface area contributed by atoms with Gasteiger partial charge in [0.05, 0.1) is 25.9 Å². The maximum absolute atomic E-state index is 11.4. The summed E-state index contributed by atoms with van der Waals surface area (Å²) in [7, 11) is 1.37. The second-order valence-corrected chi connectivity index (χ2v) is 4.17. The summed E-state index contributed by atoms with van der Waals surface area (Å²) in [6.07, 6.45) is 0.744. The van der Waals surface area contributed by atoms with E-state index in [9.17, 15) is 4.79 Å². The van der Waals surface area contributed by atoms with Gasteiger partial charge in [-0.05, 0) is 12.0 Å². The van der Waals surface area contributed by atoms with E-state index in [1.54, 1.807) is 0 Å². The zero-order valence-electron chi connectivity index (χ0n) is 7.83. The van der Waals surface area contributed by atoms with Gasteiger partial charge < -0.3 is 15.2 Å². The smallest absolute Gasteiger partial charge is 0.341 e. The van der Waals surface area contributed by atoms with Crippen LogP contribution >= 0.6 is 11.3 Å². The molecule has 76 valence electrons. The Labute approximate surface area is 85.6 Å². The molecule has 4 nitrogen and oxygen atoms in total. The summed E-state index contributed by atoms with van der Waals surface area (Å²) in [5.41, 5.74) is 7.30. The third-order valence-electron chi connectivity index (χ3n) is 2.24. The number of nitrogen functional groups attached to an aromatic ring is 1. The van der Waals surface area contributed by atoms with Crippen molar-refractivity contribution in [3.8, 4) is 0 Å². The van der Waals surface area contributed by atoms with Crippen LogP contribution in [-0.4, -0.2) is 19.7 Å². The normalized spacial score (nSPS) is 14.9. The monoisotopic (exact) mass is 213 g/mol. The zero-order chi connectivity index (χ0) is 10.1. The topological polar surface area (TPSA) is 61.5 Å². The Morgan fingerprint density at radius 1 is 1.64 bits per heavy atom. The second-order valence-electron chi connectivity index (χ2n) is 3.04. The van der Waals surface area contributed by atoms with Crippen LogP contribution in [0.15, 0.2) is 0 Å². The molecule has 1 aliphatic heterocycles. The molecule has 0 fully saturated rings. The number of carbonyl (C=O) groups excluding carboxylic acids is 1. The predicted molar refractivity (Wildman–Crippen MR) is 53.4 cm³/mol. The number of methoxy groups -OCH3 is 1.